The zero-order valence-electron chi connectivity index (χ0n) is 12.7. The summed E-state index contributed by atoms with van der Waals surface area (Å²) in [5.74, 6) is 2.89. The molecule has 0 heterocycles. The first kappa shape index (κ1) is 13.2. The zero-order valence-corrected chi connectivity index (χ0v) is 12.7. The third-order valence-electron chi connectivity index (χ3n) is 6.79. The lowest BCUT2D eigenvalue weighted by atomic mass is 9.71. The normalized spacial score (nSPS) is 46.5. The van der Waals surface area contributed by atoms with Crippen molar-refractivity contribution in [2.45, 2.75) is 53.4 Å². The van der Waals surface area contributed by atoms with Gasteiger partial charge in [0.1, 0.15) is 6.61 Å². The second kappa shape index (κ2) is 4.10. The molecule has 2 heteroatoms. The summed E-state index contributed by atoms with van der Waals surface area (Å²) >= 11 is 0. The molecule has 0 amide bonds. The summed E-state index contributed by atoms with van der Waals surface area (Å²) in [5.41, 5.74) is 2.41. The van der Waals surface area contributed by atoms with E-state index in [-0.39, 0.29) is 5.97 Å². The lowest BCUT2D eigenvalue weighted by Gasteiger charge is -2.34. The molecule has 4 fully saturated rings. The fraction of sp³-hybridized carbons (Fsp3) is 0.824. The predicted octanol–water partition coefficient (Wildman–Crippen LogP) is 3.96. The largest absolute Gasteiger partial charge is 0.461 e. The molecule has 0 saturated heterocycles. The Morgan fingerprint density at radius 1 is 1.26 bits per heavy atom. The van der Waals surface area contributed by atoms with Crippen molar-refractivity contribution >= 4 is 5.97 Å². The topological polar surface area (TPSA) is 26.3 Å². The molecule has 0 aliphatic heterocycles. The first-order chi connectivity index (χ1) is 8.89. The number of carbonyl (C=O) groups is 1. The number of rotatable bonds is 5. The first-order valence-corrected chi connectivity index (χ1v) is 7.68. The minimum absolute atomic E-state index is 0.190. The van der Waals surface area contributed by atoms with Gasteiger partial charge in [0.15, 0.2) is 0 Å². The Labute approximate surface area is 116 Å². The van der Waals surface area contributed by atoms with Gasteiger partial charge in [-0.05, 0) is 66.8 Å². The van der Waals surface area contributed by atoms with Crippen LogP contribution < -0.4 is 0 Å². The Balaban J connectivity index is 1.53. The maximum absolute atomic E-state index is 10.8. The van der Waals surface area contributed by atoms with Crippen molar-refractivity contribution in [2.24, 2.45) is 28.6 Å². The first-order valence-electron chi connectivity index (χ1n) is 7.68. The summed E-state index contributed by atoms with van der Waals surface area (Å²) in [5, 5.41) is 0. The molecule has 0 N–H and O–H groups in total. The molecule has 3 unspecified atom stereocenters. The van der Waals surface area contributed by atoms with Crippen LogP contribution in [0.2, 0.25) is 0 Å². The van der Waals surface area contributed by atoms with Crippen LogP contribution >= 0.6 is 0 Å². The Morgan fingerprint density at radius 2 is 1.89 bits per heavy atom. The van der Waals surface area contributed by atoms with E-state index in [2.05, 4.69) is 26.8 Å². The molecule has 106 valence electrons. The van der Waals surface area contributed by atoms with E-state index in [1.165, 1.54) is 31.8 Å². The van der Waals surface area contributed by atoms with Gasteiger partial charge in [-0.1, -0.05) is 19.9 Å². The standard InChI is InChI=1S/C17H26O2/c1-11(10-19-12(2)18)6-5-7-16(3)13-8-14-15(9-13)17(14,16)4/h6,13-15H,5,7-10H2,1-4H3/b11-6-/t13?,14-,15?,16+,17?/m1/s1. The van der Waals surface area contributed by atoms with Gasteiger partial charge in [-0.3, -0.25) is 4.79 Å². The molecule has 4 bridgehead atoms. The molecule has 0 aromatic rings. The van der Waals surface area contributed by atoms with Crippen molar-refractivity contribution in [1.82, 2.24) is 0 Å². The molecule has 0 spiro atoms. The van der Waals surface area contributed by atoms with Gasteiger partial charge in [0.2, 0.25) is 0 Å². The Hall–Kier alpha value is -0.790. The monoisotopic (exact) mass is 262 g/mol. The van der Waals surface area contributed by atoms with Gasteiger partial charge in [0, 0.05) is 6.92 Å². The minimum Gasteiger partial charge on any atom is -0.461 e. The molecule has 2 nitrogen and oxygen atoms in total. The molecule has 4 aliphatic carbocycles. The van der Waals surface area contributed by atoms with Crippen molar-refractivity contribution < 1.29 is 9.53 Å². The maximum Gasteiger partial charge on any atom is 0.302 e. The van der Waals surface area contributed by atoms with E-state index in [9.17, 15) is 4.79 Å². The molecule has 0 aromatic heterocycles. The van der Waals surface area contributed by atoms with Crippen molar-refractivity contribution in [2.75, 3.05) is 6.61 Å². The second-order valence-corrected chi connectivity index (χ2v) is 7.45. The number of esters is 1. The fourth-order valence-corrected chi connectivity index (χ4v) is 5.40. The van der Waals surface area contributed by atoms with Crippen molar-refractivity contribution in [1.29, 1.82) is 0 Å². The Morgan fingerprint density at radius 3 is 2.37 bits per heavy atom. The highest BCUT2D eigenvalue weighted by atomic mass is 16.5. The van der Waals surface area contributed by atoms with Gasteiger partial charge < -0.3 is 4.74 Å². The molecule has 4 aliphatic rings. The molecular weight excluding hydrogens is 236 g/mol. The molecule has 4 rings (SSSR count). The van der Waals surface area contributed by atoms with Crippen LogP contribution in [0.4, 0.5) is 0 Å². The highest BCUT2D eigenvalue weighted by molar-refractivity contribution is 5.66. The Kier molecular flexibility index (Phi) is 2.85. The van der Waals surface area contributed by atoms with Crippen LogP contribution in [0.5, 0.6) is 0 Å². The van der Waals surface area contributed by atoms with E-state index < -0.39 is 0 Å². The molecule has 4 saturated carbocycles. The lowest BCUT2D eigenvalue weighted by molar-refractivity contribution is -0.139. The summed E-state index contributed by atoms with van der Waals surface area (Å²) < 4.78 is 5.02. The second-order valence-electron chi connectivity index (χ2n) is 7.45. The molecule has 5 atom stereocenters. The van der Waals surface area contributed by atoms with E-state index in [0.717, 1.165) is 24.2 Å². The number of ether oxygens (including phenoxy) is 1. The Bertz CT molecular complexity index is 425. The predicted molar refractivity (Wildman–Crippen MR) is 75.5 cm³/mol. The molecule has 0 aromatic carbocycles. The van der Waals surface area contributed by atoms with Crippen molar-refractivity contribution in [3.8, 4) is 0 Å². The highest BCUT2D eigenvalue weighted by Gasteiger charge is 2.80. The fourth-order valence-electron chi connectivity index (χ4n) is 5.40. The summed E-state index contributed by atoms with van der Waals surface area (Å²) in [6, 6.07) is 0. The van der Waals surface area contributed by atoms with Crippen LogP contribution in [-0.4, -0.2) is 12.6 Å². The van der Waals surface area contributed by atoms with Crippen LogP contribution in [0, 0.1) is 28.6 Å². The number of hydrogen-bond acceptors (Lipinski definition) is 2. The highest BCUT2D eigenvalue weighted by Crippen LogP contribution is 2.87. The minimum atomic E-state index is -0.190. The van der Waals surface area contributed by atoms with E-state index in [4.69, 9.17) is 4.74 Å². The van der Waals surface area contributed by atoms with Gasteiger partial charge in [-0.25, -0.2) is 0 Å². The van der Waals surface area contributed by atoms with E-state index in [0.29, 0.717) is 17.4 Å². The quantitative estimate of drug-likeness (QED) is 0.554. The average molecular weight is 262 g/mol. The third-order valence-corrected chi connectivity index (χ3v) is 6.79. The van der Waals surface area contributed by atoms with Crippen molar-refractivity contribution in [3.05, 3.63) is 11.6 Å². The van der Waals surface area contributed by atoms with Gasteiger partial charge >= 0.3 is 5.97 Å². The van der Waals surface area contributed by atoms with Gasteiger partial charge in [0.05, 0.1) is 0 Å². The SMILES string of the molecule is CC(=O)OC/C(C)=C\CC[C@@]1(C)C2CC3[C@@H](C2)C31C. The van der Waals surface area contributed by atoms with Crippen LogP contribution in [0.15, 0.2) is 11.6 Å². The zero-order chi connectivity index (χ0) is 13.8. The van der Waals surface area contributed by atoms with E-state index in [1.807, 2.05) is 0 Å². The molecular formula is C17H26O2. The lowest BCUT2D eigenvalue weighted by Crippen LogP contribution is -2.26. The van der Waals surface area contributed by atoms with Crippen LogP contribution in [0.25, 0.3) is 0 Å². The molecule has 19 heavy (non-hydrogen) atoms. The number of allylic oxidation sites excluding steroid dienone is 1. The van der Waals surface area contributed by atoms with Crippen molar-refractivity contribution in [3.63, 3.8) is 0 Å². The summed E-state index contributed by atoms with van der Waals surface area (Å²) in [6.45, 7) is 9.04. The van der Waals surface area contributed by atoms with Crippen LogP contribution in [-0.2, 0) is 9.53 Å². The van der Waals surface area contributed by atoms with Crippen LogP contribution in [0.1, 0.15) is 53.4 Å². The molecule has 0 radical (unpaired) electrons. The summed E-state index contributed by atoms with van der Waals surface area (Å²) in [4.78, 5) is 10.8. The van der Waals surface area contributed by atoms with Gasteiger partial charge in [0.25, 0.3) is 0 Å². The van der Waals surface area contributed by atoms with E-state index >= 15 is 0 Å². The maximum atomic E-state index is 10.8. The van der Waals surface area contributed by atoms with E-state index in [1.54, 1.807) is 0 Å². The summed E-state index contributed by atoms with van der Waals surface area (Å²) in [7, 11) is 0. The van der Waals surface area contributed by atoms with Gasteiger partial charge in [-0.2, -0.15) is 0 Å². The van der Waals surface area contributed by atoms with Crippen LogP contribution in [0.3, 0.4) is 0 Å². The smallest absolute Gasteiger partial charge is 0.302 e. The third kappa shape index (κ3) is 1.71. The summed E-state index contributed by atoms with van der Waals surface area (Å²) in [6.07, 6.45) is 7.69. The number of hydrogen-bond donors (Lipinski definition) is 0. The number of carbonyl (C=O) groups excluding carboxylic acids is 1. The van der Waals surface area contributed by atoms with Gasteiger partial charge in [-0.15, -0.1) is 0 Å². The average Bonchev–Trinajstić information content (AvgIpc) is 2.71.